The molecule has 0 atom stereocenters. The van der Waals surface area contributed by atoms with Gasteiger partial charge in [0.1, 0.15) is 0 Å². The van der Waals surface area contributed by atoms with Crippen LogP contribution >= 0.6 is 0 Å². The lowest BCUT2D eigenvalue weighted by atomic mass is 10.3. The molecule has 0 aliphatic heterocycles. The van der Waals surface area contributed by atoms with Crippen LogP contribution in [0, 0.1) is 0 Å². The van der Waals surface area contributed by atoms with Gasteiger partial charge < -0.3 is 10.1 Å². The molecule has 0 heterocycles. The second-order valence-corrected chi connectivity index (χ2v) is 2.42. The van der Waals surface area contributed by atoms with Crippen molar-refractivity contribution in [2.75, 3.05) is 26.8 Å². The monoisotopic (exact) mass is 145 g/mol. The summed E-state index contributed by atoms with van der Waals surface area (Å²) >= 11 is 0. The lowest BCUT2D eigenvalue weighted by molar-refractivity contribution is 0.131. The molecule has 0 aromatic heterocycles. The topological polar surface area (TPSA) is 21.3 Å². The highest BCUT2D eigenvalue weighted by atomic mass is 16.5. The van der Waals surface area contributed by atoms with Crippen molar-refractivity contribution in [3.8, 4) is 0 Å². The molecular weight excluding hydrogens is 126 g/mol. The molecule has 0 saturated carbocycles. The van der Waals surface area contributed by atoms with Crippen molar-refractivity contribution in [1.29, 1.82) is 0 Å². The molecule has 62 valence electrons. The summed E-state index contributed by atoms with van der Waals surface area (Å²) in [5, 5.41) is 3.10. The number of hydrogen-bond donors (Lipinski definition) is 1. The summed E-state index contributed by atoms with van der Waals surface area (Å²) in [6.07, 6.45) is 3.53. The SMILES string of the molecule is CCCOCCCCNC. The Labute approximate surface area is 64.0 Å². The highest BCUT2D eigenvalue weighted by Crippen LogP contribution is 1.88. The van der Waals surface area contributed by atoms with Crippen molar-refractivity contribution in [3.05, 3.63) is 0 Å². The van der Waals surface area contributed by atoms with Gasteiger partial charge in [-0.3, -0.25) is 0 Å². The third-order valence-corrected chi connectivity index (χ3v) is 1.31. The average molecular weight is 145 g/mol. The molecule has 0 rings (SSSR count). The summed E-state index contributed by atoms with van der Waals surface area (Å²) in [7, 11) is 1.98. The van der Waals surface area contributed by atoms with Crippen molar-refractivity contribution in [2.45, 2.75) is 26.2 Å². The van der Waals surface area contributed by atoms with E-state index in [9.17, 15) is 0 Å². The molecular formula is C8H19NO. The number of ether oxygens (including phenoxy) is 1. The van der Waals surface area contributed by atoms with E-state index in [1.165, 1.54) is 12.8 Å². The number of hydrogen-bond acceptors (Lipinski definition) is 2. The summed E-state index contributed by atoms with van der Waals surface area (Å²) < 4.78 is 5.30. The zero-order valence-electron chi connectivity index (χ0n) is 7.15. The first-order valence-electron chi connectivity index (χ1n) is 4.14. The van der Waals surface area contributed by atoms with Crippen LogP contribution in [0.2, 0.25) is 0 Å². The van der Waals surface area contributed by atoms with Gasteiger partial charge in [0.15, 0.2) is 0 Å². The number of unbranched alkanes of at least 4 members (excludes halogenated alkanes) is 1. The average Bonchev–Trinajstić information content (AvgIpc) is 1.97. The molecule has 2 heteroatoms. The van der Waals surface area contributed by atoms with Gasteiger partial charge >= 0.3 is 0 Å². The maximum absolute atomic E-state index is 5.30. The Hall–Kier alpha value is -0.0800. The molecule has 0 aromatic carbocycles. The minimum absolute atomic E-state index is 0.916. The van der Waals surface area contributed by atoms with Crippen LogP contribution in [-0.2, 0) is 4.74 Å². The van der Waals surface area contributed by atoms with E-state index >= 15 is 0 Å². The molecule has 0 fully saturated rings. The molecule has 0 amide bonds. The lowest BCUT2D eigenvalue weighted by Gasteiger charge is -2.01. The van der Waals surface area contributed by atoms with Crippen LogP contribution in [-0.4, -0.2) is 26.8 Å². The first kappa shape index (κ1) is 9.92. The molecule has 0 bridgehead atoms. The van der Waals surface area contributed by atoms with Gasteiger partial charge in [-0.2, -0.15) is 0 Å². The van der Waals surface area contributed by atoms with E-state index in [1.807, 2.05) is 7.05 Å². The van der Waals surface area contributed by atoms with Gasteiger partial charge in [-0.15, -0.1) is 0 Å². The maximum Gasteiger partial charge on any atom is 0.0466 e. The van der Waals surface area contributed by atoms with Crippen LogP contribution in [0.3, 0.4) is 0 Å². The van der Waals surface area contributed by atoms with Gasteiger partial charge in [-0.1, -0.05) is 6.92 Å². The smallest absolute Gasteiger partial charge is 0.0466 e. The molecule has 1 N–H and O–H groups in total. The van der Waals surface area contributed by atoms with Gasteiger partial charge in [-0.25, -0.2) is 0 Å². The standard InChI is InChI=1S/C8H19NO/c1-3-7-10-8-5-4-6-9-2/h9H,3-8H2,1-2H3. The van der Waals surface area contributed by atoms with E-state index in [4.69, 9.17) is 4.74 Å². The van der Waals surface area contributed by atoms with Crippen molar-refractivity contribution >= 4 is 0 Å². The highest BCUT2D eigenvalue weighted by molar-refractivity contribution is 4.41. The molecule has 0 aromatic rings. The Morgan fingerprint density at radius 1 is 1.20 bits per heavy atom. The molecule has 0 unspecified atom stereocenters. The van der Waals surface area contributed by atoms with Gasteiger partial charge in [0, 0.05) is 13.2 Å². The molecule has 0 spiro atoms. The Morgan fingerprint density at radius 2 is 2.00 bits per heavy atom. The number of rotatable bonds is 7. The fourth-order valence-corrected chi connectivity index (χ4v) is 0.752. The van der Waals surface area contributed by atoms with Crippen LogP contribution in [0.5, 0.6) is 0 Å². The summed E-state index contributed by atoms with van der Waals surface area (Å²) in [5.41, 5.74) is 0. The van der Waals surface area contributed by atoms with Gasteiger partial charge in [-0.05, 0) is 32.9 Å². The quantitative estimate of drug-likeness (QED) is 0.547. The number of nitrogens with one attached hydrogen (secondary N) is 1. The lowest BCUT2D eigenvalue weighted by Crippen LogP contribution is -2.08. The largest absolute Gasteiger partial charge is 0.381 e. The minimum atomic E-state index is 0.916. The van der Waals surface area contributed by atoms with Crippen molar-refractivity contribution in [2.24, 2.45) is 0 Å². The summed E-state index contributed by atoms with van der Waals surface area (Å²) in [6.45, 7) is 5.08. The van der Waals surface area contributed by atoms with E-state index in [0.717, 1.165) is 26.2 Å². The zero-order chi connectivity index (χ0) is 7.66. The highest BCUT2D eigenvalue weighted by Gasteiger charge is 1.86. The summed E-state index contributed by atoms with van der Waals surface area (Å²) in [4.78, 5) is 0. The molecule has 0 radical (unpaired) electrons. The second-order valence-electron chi connectivity index (χ2n) is 2.42. The van der Waals surface area contributed by atoms with Crippen LogP contribution in [0.1, 0.15) is 26.2 Å². The Balaban J connectivity index is 2.65. The van der Waals surface area contributed by atoms with Crippen LogP contribution in [0.25, 0.3) is 0 Å². The maximum atomic E-state index is 5.30. The van der Waals surface area contributed by atoms with E-state index in [2.05, 4.69) is 12.2 Å². The van der Waals surface area contributed by atoms with Crippen LogP contribution in [0.15, 0.2) is 0 Å². The van der Waals surface area contributed by atoms with E-state index in [1.54, 1.807) is 0 Å². The normalized spacial score (nSPS) is 10.2. The van der Waals surface area contributed by atoms with Gasteiger partial charge in [0.2, 0.25) is 0 Å². The van der Waals surface area contributed by atoms with Gasteiger partial charge in [0.25, 0.3) is 0 Å². The molecule has 0 aliphatic rings. The van der Waals surface area contributed by atoms with Crippen LogP contribution < -0.4 is 5.32 Å². The third kappa shape index (κ3) is 7.92. The third-order valence-electron chi connectivity index (χ3n) is 1.31. The Kier molecular flexibility index (Phi) is 8.85. The summed E-state index contributed by atoms with van der Waals surface area (Å²) in [5.74, 6) is 0. The van der Waals surface area contributed by atoms with Crippen molar-refractivity contribution < 1.29 is 4.74 Å². The Bertz CT molecular complexity index is 49.2. The van der Waals surface area contributed by atoms with E-state index in [0.29, 0.717) is 0 Å². The van der Waals surface area contributed by atoms with Crippen molar-refractivity contribution in [1.82, 2.24) is 5.32 Å². The molecule has 10 heavy (non-hydrogen) atoms. The fourth-order valence-electron chi connectivity index (χ4n) is 0.752. The van der Waals surface area contributed by atoms with Crippen molar-refractivity contribution in [3.63, 3.8) is 0 Å². The summed E-state index contributed by atoms with van der Waals surface area (Å²) in [6, 6.07) is 0. The first-order chi connectivity index (χ1) is 4.91. The zero-order valence-corrected chi connectivity index (χ0v) is 7.15. The second kappa shape index (κ2) is 8.92. The first-order valence-corrected chi connectivity index (χ1v) is 4.14. The fraction of sp³-hybridized carbons (Fsp3) is 1.00. The predicted molar refractivity (Wildman–Crippen MR) is 44.3 cm³/mol. The van der Waals surface area contributed by atoms with Crippen LogP contribution in [0.4, 0.5) is 0 Å². The molecule has 0 aliphatic carbocycles. The van der Waals surface area contributed by atoms with E-state index in [-0.39, 0.29) is 0 Å². The Morgan fingerprint density at radius 3 is 2.60 bits per heavy atom. The van der Waals surface area contributed by atoms with Gasteiger partial charge in [0.05, 0.1) is 0 Å². The van der Waals surface area contributed by atoms with E-state index < -0.39 is 0 Å². The minimum Gasteiger partial charge on any atom is -0.381 e. The molecule has 2 nitrogen and oxygen atoms in total. The predicted octanol–water partition coefficient (Wildman–Crippen LogP) is 1.41. The molecule has 0 saturated heterocycles.